The predicted octanol–water partition coefficient (Wildman–Crippen LogP) is 4.62. The second kappa shape index (κ2) is 9.49. The average molecular weight is 495 g/mol. The first-order valence-corrected chi connectivity index (χ1v) is 12.2. The Labute approximate surface area is 186 Å². The van der Waals surface area contributed by atoms with Crippen molar-refractivity contribution in [2.45, 2.75) is 37.5 Å². The quantitative estimate of drug-likeness (QED) is 0.635. The Morgan fingerprint density at radius 3 is 2.67 bits per heavy atom. The minimum absolute atomic E-state index is 0.150. The molecule has 1 aliphatic heterocycles. The zero-order valence-electron chi connectivity index (χ0n) is 17.4. The normalized spacial score (nSPS) is 17.7. The summed E-state index contributed by atoms with van der Waals surface area (Å²) in [7, 11) is -2.32. The van der Waals surface area contributed by atoms with Gasteiger partial charge >= 0.3 is 0 Å². The lowest BCUT2D eigenvalue weighted by molar-refractivity contribution is -0.120. The van der Waals surface area contributed by atoms with Crippen molar-refractivity contribution < 1.29 is 17.9 Å². The molecule has 3 rings (SSSR count). The van der Waals surface area contributed by atoms with Gasteiger partial charge in [-0.05, 0) is 54.7 Å². The summed E-state index contributed by atoms with van der Waals surface area (Å²) < 4.78 is 34.4. The maximum atomic E-state index is 13.4. The summed E-state index contributed by atoms with van der Waals surface area (Å²) in [6, 6.07) is 12.6. The Bertz CT molecular complexity index is 1020. The molecule has 6 nitrogen and oxygen atoms in total. The van der Waals surface area contributed by atoms with Gasteiger partial charge in [0.15, 0.2) is 0 Å². The van der Waals surface area contributed by atoms with Crippen LogP contribution < -0.4 is 10.1 Å². The summed E-state index contributed by atoms with van der Waals surface area (Å²) in [5.74, 6) is -0.0716. The number of halogens is 1. The first-order chi connectivity index (χ1) is 14.2. The van der Waals surface area contributed by atoms with Crippen LogP contribution in [-0.2, 0) is 14.8 Å². The fourth-order valence-corrected chi connectivity index (χ4v) is 5.69. The third-order valence-corrected chi connectivity index (χ3v) is 7.70. The number of carbonyl (C=O) groups excluding carboxylic acids is 1. The second-order valence-corrected chi connectivity index (χ2v) is 10.6. The highest BCUT2D eigenvalue weighted by Crippen LogP contribution is 2.32. The van der Waals surface area contributed by atoms with E-state index in [4.69, 9.17) is 4.74 Å². The van der Waals surface area contributed by atoms with Crippen molar-refractivity contribution in [1.29, 1.82) is 0 Å². The van der Waals surface area contributed by atoms with E-state index < -0.39 is 15.9 Å². The van der Waals surface area contributed by atoms with Crippen LogP contribution in [0.5, 0.6) is 5.75 Å². The van der Waals surface area contributed by atoms with Gasteiger partial charge in [-0.25, -0.2) is 8.42 Å². The molecule has 1 atom stereocenters. The van der Waals surface area contributed by atoms with Gasteiger partial charge in [0.25, 0.3) is 0 Å². The molecule has 0 aromatic heterocycles. The van der Waals surface area contributed by atoms with Crippen LogP contribution in [-0.4, -0.2) is 38.8 Å². The van der Waals surface area contributed by atoms with Gasteiger partial charge in [0.1, 0.15) is 10.6 Å². The number of hydrogen-bond acceptors (Lipinski definition) is 4. The highest BCUT2D eigenvalue weighted by molar-refractivity contribution is 9.10. The SMILES string of the molecule is COc1ccc(C(C)C)cc1S(=O)(=O)N1CCC[C@@H](C(=O)Nc2cccc(Br)c2)C1. The molecule has 0 unspecified atom stereocenters. The van der Waals surface area contributed by atoms with Gasteiger partial charge < -0.3 is 10.1 Å². The molecule has 0 spiro atoms. The number of methoxy groups -OCH3 is 1. The highest BCUT2D eigenvalue weighted by atomic mass is 79.9. The molecule has 2 aromatic rings. The number of hydrogen-bond donors (Lipinski definition) is 1. The zero-order valence-corrected chi connectivity index (χ0v) is 19.8. The van der Waals surface area contributed by atoms with E-state index in [1.165, 1.54) is 11.4 Å². The van der Waals surface area contributed by atoms with E-state index in [-0.39, 0.29) is 23.3 Å². The molecular weight excluding hydrogens is 468 g/mol. The monoisotopic (exact) mass is 494 g/mol. The first kappa shape index (κ1) is 22.8. The number of nitrogens with one attached hydrogen (secondary N) is 1. The standard InChI is InChI=1S/C22H27BrN2O4S/c1-15(2)16-9-10-20(29-3)21(12-16)30(27,28)25-11-5-6-17(14-25)22(26)24-19-8-4-7-18(23)13-19/h4,7-10,12-13,15,17H,5-6,11,14H2,1-3H3,(H,24,26)/t17-/m1/s1. The highest BCUT2D eigenvalue weighted by Gasteiger charge is 2.35. The second-order valence-electron chi connectivity index (χ2n) is 7.77. The number of sulfonamides is 1. The van der Waals surface area contributed by atoms with Crippen molar-refractivity contribution in [3.8, 4) is 5.75 Å². The van der Waals surface area contributed by atoms with Crippen molar-refractivity contribution >= 4 is 37.5 Å². The molecule has 0 bridgehead atoms. The molecule has 1 amide bonds. The van der Waals surface area contributed by atoms with Gasteiger partial charge in [0.2, 0.25) is 15.9 Å². The number of anilines is 1. The summed E-state index contributed by atoms with van der Waals surface area (Å²) in [5, 5.41) is 2.90. The number of benzene rings is 2. The van der Waals surface area contributed by atoms with Crippen LogP contribution in [0.3, 0.4) is 0 Å². The molecule has 8 heteroatoms. The predicted molar refractivity (Wildman–Crippen MR) is 121 cm³/mol. The summed E-state index contributed by atoms with van der Waals surface area (Å²) in [5.41, 5.74) is 1.61. The average Bonchev–Trinajstić information content (AvgIpc) is 2.73. The number of ether oxygens (including phenoxy) is 1. The summed E-state index contributed by atoms with van der Waals surface area (Å²) >= 11 is 3.39. The molecule has 0 radical (unpaired) electrons. The Hall–Kier alpha value is -1.90. The van der Waals surface area contributed by atoms with Gasteiger partial charge in [0, 0.05) is 23.2 Å². The van der Waals surface area contributed by atoms with E-state index in [9.17, 15) is 13.2 Å². The molecular formula is C22H27BrN2O4S. The Morgan fingerprint density at radius 2 is 2.00 bits per heavy atom. The van der Waals surface area contributed by atoms with Crippen LogP contribution in [0.4, 0.5) is 5.69 Å². The molecule has 162 valence electrons. The van der Waals surface area contributed by atoms with E-state index in [1.807, 2.05) is 44.2 Å². The van der Waals surface area contributed by atoms with E-state index in [0.29, 0.717) is 30.8 Å². The van der Waals surface area contributed by atoms with Crippen LogP contribution in [0.25, 0.3) is 0 Å². The first-order valence-electron chi connectivity index (χ1n) is 9.97. The maximum absolute atomic E-state index is 13.4. The van der Waals surface area contributed by atoms with E-state index in [0.717, 1.165) is 10.0 Å². The molecule has 1 fully saturated rings. The van der Waals surface area contributed by atoms with Crippen molar-refractivity contribution in [3.63, 3.8) is 0 Å². The third-order valence-electron chi connectivity index (χ3n) is 5.32. The van der Waals surface area contributed by atoms with Gasteiger partial charge in [-0.3, -0.25) is 4.79 Å². The third kappa shape index (κ3) is 5.04. The van der Waals surface area contributed by atoms with Crippen LogP contribution in [0.15, 0.2) is 51.8 Å². The van der Waals surface area contributed by atoms with Gasteiger partial charge in [-0.15, -0.1) is 0 Å². The maximum Gasteiger partial charge on any atom is 0.246 e. The topological polar surface area (TPSA) is 75.7 Å². The minimum atomic E-state index is -3.79. The summed E-state index contributed by atoms with van der Waals surface area (Å²) in [6.07, 6.45) is 1.27. The summed E-state index contributed by atoms with van der Waals surface area (Å²) in [4.78, 5) is 12.9. The van der Waals surface area contributed by atoms with E-state index >= 15 is 0 Å². The molecule has 2 aromatic carbocycles. The van der Waals surface area contributed by atoms with Crippen LogP contribution in [0, 0.1) is 5.92 Å². The molecule has 0 saturated carbocycles. The Balaban J connectivity index is 1.82. The molecule has 1 N–H and O–H groups in total. The number of amides is 1. The Kier molecular flexibility index (Phi) is 7.21. The smallest absolute Gasteiger partial charge is 0.246 e. The zero-order chi connectivity index (χ0) is 21.9. The van der Waals surface area contributed by atoms with Crippen LogP contribution in [0.1, 0.15) is 38.2 Å². The van der Waals surface area contributed by atoms with Crippen molar-refractivity contribution in [1.82, 2.24) is 4.31 Å². The summed E-state index contributed by atoms with van der Waals surface area (Å²) in [6.45, 7) is 4.57. The molecule has 1 aliphatic rings. The number of rotatable bonds is 6. The number of piperidine rings is 1. The van der Waals surface area contributed by atoms with Crippen LogP contribution >= 0.6 is 15.9 Å². The molecule has 30 heavy (non-hydrogen) atoms. The fourth-order valence-electron chi connectivity index (χ4n) is 3.58. The minimum Gasteiger partial charge on any atom is -0.495 e. The molecule has 1 heterocycles. The van der Waals surface area contributed by atoms with E-state index in [1.54, 1.807) is 12.1 Å². The Morgan fingerprint density at radius 1 is 1.23 bits per heavy atom. The van der Waals surface area contributed by atoms with Gasteiger partial charge in [-0.1, -0.05) is 41.9 Å². The van der Waals surface area contributed by atoms with Gasteiger partial charge in [-0.2, -0.15) is 4.31 Å². The lowest BCUT2D eigenvalue weighted by Gasteiger charge is -2.31. The lowest BCUT2D eigenvalue weighted by atomic mass is 9.99. The number of nitrogens with zero attached hydrogens (tertiary/aromatic N) is 1. The van der Waals surface area contributed by atoms with Crippen molar-refractivity contribution in [2.75, 3.05) is 25.5 Å². The van der Waals surface area contributed by atoms with Crippen molar-refractivity contribution in [2.24, 2.45) is 5.92 Å². The lowest BCUT2D eigenvalue weighted by Crippen LogP contribution is -2.43. The molecule has 0 aliphatic carbocycles. The van der Waals surface area contributed by atoms with Crippen molar-refractivity contribution in [3.05, 3.63) is 52.5 Å². The van der Waals surface area contributed by atoms with E-state index in [2.05, 4.69) is 21.2 Å². The van der Waals surface area contributed by atoms with Crippen LogP contribution in [0.2, 0.25) is 0 Å². The fraction of sp³-hybridized carbons (Fsp3) is 0.409. The molecule has 1 saturated heterocycles. The number of carbonyl (C=O) groups is 1. The largest absolute Gasteiger partial charge is 0.495 e. The van der Waals surface area contributed by atoms with Gasteiger partial charge in [0.05, 0.1) is 13.0 Å².